The largest absolute Gasteiger partial charge is 0.213 e. The van der Waals surface area contributed by atoms with Crippen LogP contribution in [-0.2, 0) is 24.3 Å². The first-order valence-corrected chi connectivity index (χ1v) is 10.9. The van der Waals surface area contributed by atoms with Gasteiger partial charge < -0.3 is 0 Å². The summed E-state index contributed by atoms with van der Waals surface area (Å²) >= 11 is 0. The predicted molar refractivity (Wildman–Crippen MR) is 121 cm³/mol. The standard InChI is InChI=1S/C28H32N/c1-18-11-12-21-20-10-8-7-9-19(20)15-22(21)26(18)25-16-23-24(17-29(25)6)28(4,5)14-13-27(23,2)3/h7-12,16-17H,13-15H2,1-6H3/q+1. The van der Waals surface area contributed by atoms with Gasteiger partial charge in [-0.25, -0.2) is 4.57 Å². The van der Waals surface area contributed by atoms with Crippen molar-refractivity contribution in [2.24, 2.45) is 7.05 Å². The summed E-state index contributed by atoms with van der Waals surface area (Å²) in [5.74, 6) is 0. The SMILES string of the molecule is Cc1ccc2c(c1-c1cc3c(c[n+]1C)C(C)(C)CCC3(C)C)Cc1ccccc1-2. The first kappa shape index (κ1) is 18.6. The predicted octanol–water partition coefficient (Wildman–Crippen LogP) is 6.41. The lowest BCUT2D eigenvalue weighted by Gasteiger charge is -2.40. The molecule has 1 heterocycles. The molecule has 0 saturated heterocycles. The monoisotopic (exact) mass is 382 g/mol. The normalized spacial score (nSPS) is 18.1. The van der Waals surface area contributed by atoms with Gasteiger partial charge in [0.05, 0.1) is 5.56 Å². The van der Waals surface area contributed by atoms with Crippen molar-refractivity contribution in [1.82, 2.24) is 0 Å². The molecule has 1 heteroatoms. The minimum atomic E-state index is 0.225. The number of fused-ring (bicyclic) bond motifs is 4. The van der Waals surface area contributed by atoms with Crippen LogP contribution < -0.4 is 4.57 Å². The van der Waals surface area contributed by atoms with Crippen molar-refractivity contribution in [1.29, 1.82) is 0 Å². The fraction of sp³-hybridized carbons (Fsp3) is 0.393. The molecule has 0 radical (unpaired) electrons. The molecule has 0 spiro atoms. The van der Waals surface area contributed by atoms with Crippen LogP contribution in [0.15, 0.2) is 48.7 Å². The number of benzene rings is 2. The number of hydrogen-bond acceptors (Lipinski definition) is 0. The van der Waals surface area contributed by atoms with Gasteiger partial charge >= 0.3 is 0 Å². The molecule has 29 heavy (non-hydrogen) atoms. The highest BCUT2D eigenvalue weighted by Gasteiger charge is 2.40. The van der Waals surface area contributed by atoms with Crippen molar-refractivity contribution >= 4 is 0 Å². The van der Waals surface area contributed by atoms with Crippen LogP contribution in [0.1, 0.15) is 68.4 Å². The molecule has 1 aromatic heterocycles. The van der Waals surface area contributed by atoms with E-state index in [1.165, 1.54) is 63.0 Å². The van der Waals surface area contributed by atoms with Crippen LogP contribution in [0.4, 0.5) is 0 Å². The fourth-order valence-electron chi connectivity index (χ4n) is 5.58. The van der Waals surface area contributed by atoms with Crippen LogP contribution in [0.5, 0.6) is 0 Å². The zero-order chi connectivity index (χ0) is 20.6. The molecule has 0 unspecified atom stereocenters. The van der Waals surface area contributed by atoms with E-state index in [0.29, 0.717) is 0 Å². The summed E-state index contributed by atoms with van der Waals surface area (Å²) < 4.78 is 2.38. The number of aryl methyl sites for hydroxylation is 2. The van der Waals surface area contributed by atoms with Gasteiger partial charge in [-0.2, -0.15) is 0 Å². The smallest absolute Gasteiger partial charge is 0.201 e. The van der Waals surface area contributed by atoms with E-state index in [1.807, 2.05) is 0 Å². The van der Waals surface area contributed by atoms with E-state index in [0.717, 1.165) is 6.42 Å². The molecule has 0 saturated carbocycles. The Bertz CT molecular complexity index is 1150. The van der Waals surface area contributed by atoms with Gasteiger partial charge in [-0.1, -0.05) is 64.1 Å². The van der Waals surface area contributed by atoms with Gasteiger partial charge in [0.2, 0.25) is 5.69 Å². The van der Waals surface area contributed by atoms with Gasteiger partial charge in [0.15, 0.2) is 6.20 Å². The Morgan fingerprint density at radius 2 is 1.52 bits per heavy atom. The topological polar surface area (TPSA) is 3.88 Å². The van der Waals surface area contributed by atoms with Crippen molar-refractivity contribution in [2.75, 3.05) is 0 Å². The molecule has 5 rings (SSSR count). The van der Waals surface area contributed by atoms with E-state index in [2.05, 4.69) is 94.9 Å². The molecule has 1 nitrogen and oxygen atoms in total. The third-order valence-corrected chi connectivity index (χ3v) is 7.56. The molecule has 148 valence electrons. The number of nitrogens with zero attached hydrogens (tertiary/aromatic N) is 1. The first-order chi connectivity index (χ1) is 13.7. The Labute approximate surface area is 175 Å². The van der Waals surface area contributed by atoms with E-state index in [1.54, 1.807) is 0 Å². The second-order valence-electron chi connectivity index (χ2n) is 10.5. The lowest BCUT2D eigenvalue weighted by atomic mass is 9.63. The van der Waals surface area contributed by atoms with Gasteiger partial charge in [0, 0.05) is 11.6 Å². The van der Waals surface area contributed by atoms with Crippen LogP contribution in [-0.4, -0.2) is 0 Å². The molecule has 0 fully saturated rings. The van der Waals surface area contributed by atoms with Crippen LogP contribution >= 0.6 is 0 Å². The zero-order valence-electron chi connectivity index (χ0n) is 18.7. The van der Waals surface area contributed by atoms with E-state index in [9.17, 15) is 0 Å². The summed E-state index contributed by atoms with van der Waals surface area (Å²) in [7, 11) is 2.23. The average molecular weight is 383 g/mol. The highest BCUT2D eigenvalue weighted by molar-refractivity contribution is 5.85. The van der Waals surface area contributed by atoms with Gasteiger partial charge in [0.25, 0.3) is 0 Å². The highest BCUT2D eigenvalue weighted by atomic mass is 14.9. The maximum absolute atomic E-state index is 2.52. The Morgan fingerprint density at radius 3 is 2.28 bits per heavy atom. The third kappa shape index (κ3) is 2.70. The summed E-state index contributed by atoms with van der Waals surface area (Å²) in [6, 6.07) is 16.0. The Kier molecular flexibility index (Phi) is 3.88. The minimum absolute atomic E-state index is 0.225. The number of rotatable bonds is 1. The van der Waals surface area contributed by atoms with Crippen LogP contribution in [0, 0.1) is 6.92 Å². The average Bonchev–Trinajstić information content (AvgIpc) is 3.04. The molecule has 0 N–H and O–H groups in total. The zero-order valence-corrected chi connectivity index (χ0v) is 18.7. The van der Waals surface area contributed by atoms with Gasteiger partial charge in [0.1, 0.15) is 7.05 Å². The molecule has 0 amide bonds. The van der Waals surface area contributed by atoms with Crippen molar-refractivity contribution in [3.8, 4) is 22.4 Å². The minimum Gasteiger partial charge on any atom is -0.201 e. The molecule has 3 aromatic rings. The quantitative estimate of drug-likeness (QED) is 0.335. The van der Waals surface area contributed by atoms with Crippen LogP contribution in [0.3, 0.4) is 0 Å². The lowest BCUT2D eigenvalue weighted by molar-refractivity contribution is -0.661. The maximum Gasteiger partial charge on any atom is 0.213 e. The van der Waals surface area contributed by atoms with Crippen molar-refractivity contribution in [3.05, 3.63) is 76.5 Å². The fourth-order valence-corrected chi connectivity index (χ4v) is 5.58. The number of pyridine rings is 1. The van der Waals surface area contributed by atoms with E-state index < -0.39 is 0 Å². The van der Waals surface area contributed by atoms with Gasteiger partial charge in [-0.3, -0.25) is 0 Å². The van der Waals surface area contributed by atoms with Crippen LogP contribution in [0.25, 0.3) is 22.4 Å². The molecule has 0 aliphatic heterocycles. The molecular weight excluding hydrogens is 350 g/mol. The summed E-state index contributed by atoms with van der Waals surface area (Å²) in [4.78, 5) is 0. The molecule has 2 aromatic carbocycles. The lowest BCUT2D eigenvalue weighted by Crippen LogP contribution is -2.40. The van der Waals surface area contributed by atoms with Crippen molar-refractivity contribution in [3.63, 3.8) is 0 Å². The Hall–Kier alpha value is -2.41. The van der Waals surface area contributed by atoms with Gasteiger partial charge in [-0.15, -0.1) is 0 Å². The molecular formula is C28H32N+. The number of hydrogen-bond donors (Lipinski definition) is 0. The van der Waals surface area contributed by atoms with Crippen molar-refractivity contribution < 1.29 is 4.57 Å². The second-order valence-corrected chi connectivity index (χ2v) is 10.5. The molecule has 0 bridgehead atoms. The molecule has 2 aliphatic rings. The summed E-state index contributed by atoms with van der Waals surface area (Å²) in [5, 5.41) is 0. The summed E-state index contributed by atoms with van der Waals surface area (Å²) in [6.07, 6.45) is 5.96. The molecule has 2 aliphatic carbocycles. The summed E-state index contributed by atoms with van der Waals surface area (Å²) in [6.45, 7) is 11.9. The van der Waals surface area contributed by atoms with Crippen LogP contribution in [0.2, 0.25) is 0 Å². The number of aromatic nitrogens is 1. The highest BCUT2D eigenvalue weighted by Crippen LogP contribution is 2.47. The molecule has 0 atom stereocenters. The van der Waals surface area contributed by atoms with E-state index in [-0.39, 0.29) is 10.8 Å². The second kappa shape index (κ2) is 6.05. The third-order valence-electron chi connectivity index (χ3n) is 7.56. The Morgan fingerprint density at radius 1 is 0.828 bits per heavy atom. The van der Waals surface area contributed by atoms with Gasteiger partial charge in [-0.05, 0) is 70.4 Å². The maximum atomic E-state index is 2.52. The first-order valence-electron chi connectivity index (χ1n) is 10.9. The Balaban J connectivity index is 1.77. The van der Waals surface area contributed by atoms with Crippen molar-refractivity contribution in [2.45, 2.75) is 64.7 Å². The summed E-state index contributed by atoms with van der Waals surface area (Å²) in [5.41, 5.74) is 13.5. The van der Waals surface area contributed by atoms with E-state index >= 15 is 0 Å². The van der Waals surface area contributed by atoms with E-state index in [4.69, 9.17) is 0 Å².